The Kier molecular flexibility index (Phi) is 5.66. The first-order valence-electron chi connectivity index (χ1n) is 11.8. The van der Waals surface area contributed by atoms with E-state index in [1.54, 1.807) is 50.2 Å². The molecule has 188 valence electrons. The SMILES string of the molecule is CC[C@@]1(c2ccccc2)NC(=O)N(NC(=O)CN2C(=O)N[C@](C)(c3ccc4ccccc4c3)C2=O)C1=O. The maximum Gasteiger partial charge on any atom is 0.344 e. The van der Waals surface area contributed by atoms with Gasteiger partial charge in [-0.05, 0) is 41.3 Å². The summed E-state index contributed by atoms with van der Waals surface area (Å²) in [5.41, 5.74) is 0.685. The van der Waals surface area contributed by atoms with E-state index in [0.717, 1.165) is 15.7 Å². The summed E-state index contributed by atoms with van der Waals surface area (Å²) in [5, 5.41) is 7.81. The fourth-order valence-corrected chi connectivity index (χ4v) is 4.88. The number of carbonyl (C=O) groups excluding carboxylic acids is 5. The van der Waals surface area contributed by atoms with Crippen molar-refractivity contribution >= 4 is 40.6 Å². The average molecular weight is 500 g/mol. The Labute approximate surface area is 212 Å². The number of urea groups is 2. The molecule has 2 heterocycles. The van der Waals surface area contributed by atoms with Crippen molar-refractivity contribution in [3.05, 3.63) is 83.9 Å². The summed E-state index contributed by atoms with van der Waals surface area (Å²) in [6, 6.07) is 20.2. The van der Waals surface area contributed by atoms with Crippen molar-refractivity contribution in [3.8, 4) is 0 Å². The molecule has 2 aliphatic rings. The predicted octanol–water partition coefficient (Wildman–Crippen LogP) is 2.50. The molecule has 3 N–H and O–H groups in total. The lowest BCUT2D eigenvalue weighted by Crippen LogP contribution is -2.52. The highest BCUT2D eigenvalue weighted by atomic mass is 16.2. The second-order valence-corrected chi connectivity index (χ2v) is 9.24. The number of rotatable bonds is 6. The van der Waals surface area contributed by atoms with Crippen LogP contribution in [0.5, 0.6) is 0 Å². The van der Waals surface area contributed by atoms with Gasteiger partial charge in [0.1, 0.15) is 17.6 Å². The van der Waals surface area contributed by atoms with Crippen LogP contribution in [0.1, 0.15) is 31.4 Å². The third kappa shape index (κ3) is 3.77. The predicted molar refractivity (Wildman–Crippen MR) is 133 cm³/mol. The summed E-state index contributed by atoms with van der Waals surface area (Å²) in [7, 11) is 0. The molecule has 3 aromatic carbocycles. The van der Waals surface area contributed by atoms with Crippen molar-refractivity contribution < 1.29 is 24.0 Å². The molecule has 0 saturated carbocycles. The topological polar surface area (TPSA) is 128 Å². The fourth-order valence-electron chi connectivity index (χ4n) is 4.88. The molecule has 5 rings (SSSR count). The van der Waals surface area contributed by atoms with E-state index in [-0.39, 0.29) is 6.42 Å². The maximum absolute atomic E-state index is 13.3. The molecule has 0 aliphatic carbocycles. The number of imide groups is 2. The monoisotopic (exact) mass is 499 g/mol. The van der Waals surface area contributed by atoms with E-state index in [0.29, 0.717) is 16.1 Å². The van der Waals surface area contributed by atoms with Crippen LogP contribution in [0.3, 0.4) is 0 Å². The number of fused-ring (bicyclic) bond motifs is 1. The van der Waals surface area contributed by atoms with Gasteiger partial charge in [-0.3, -0.25) is 24.7 Å². The molecule has 2 fully saturated rings. The Hall–Kier alpha value is -4.73. The lowest BCUT2D eigenvalue weighted by Gasteiger charge is -2.25. The molecule has 0 aromatic heterocycles. The average Bonchev–Trinajstić information content (AvgIpc) is 3.28. The van der Waals surface area contributed by atoms with E-state index in [2.05, 4.69) is 16.1 Å². The first kappa shape index (κ1) is 24.0. The molecule has 0 unspecified atom stereocenters. The zero-order valence-electron chi connectivity index (χ0n) is 20.3. The zero-order chi connectivity index (χ0) is 26.4. The normalized spacial score (nSPS) is 23.4. The van der Waals surface area contributed by atoms with Gasteiger partial charge in [-0.15, -0.1) is 0 Å². The van der Waals surface area contributed by atoms with Gasteiger partial charge in [-0.2, -0.15) is 5.01 Å². The first-order valence-corrected chi connectivity index (χ1v) is 11.8. The summed E-state index contributed by atoms with van der Waals surface area (Å²) in [4.78, 5) is 65.5. The zero-order valence-corrected chi connectivity index (χ0v) is 20.3. The van der Waals surface area contributed by atoms with Crippen LogP contribution in [-0.4, -0.2) is 46.2 Å². The van der Waals surface area contributed by atoms with Crippen molar-refractivity contribution in [1.82, 2.24) is 26.0 Å². The number of carbonyl (C=O) groups is 5. The molecule has 7 amide bonds. The van der Waals surface area contributed by atoms with Crippen LogP contribution in [0.15, 0.2) is 72.8 Å². The summed E-state index contributed by atoms with van der Waals surface area (Å²) in [6.07, 6.45) is 0.255. The van der Waals surface area contributed by atoms with Gasteiger partial charge in [-0.25, -0.2) is 9.59 Å². The summed E-state index contributed by atoms with van der Waals surface area (Å²) in [6.45, 7) is 2.65. The Morgan fingerprint density at radius 1 is 0.811 bits per heavy atom. The number of benzene rings is 3. The number of nitrogens with one attached hydrogen (secondary N) is 3. The molecule has 37 heavy (non-hydrogen) atoms. The third-order valence-electron chi connectivity index (χ3n) is 7.03. The van der Waals surface area contributed by atoms with Crippen molar-refractivity contribution in [2.45, 2.75) is 31.3 Å². The van der Waals surface area contributed by atoms with Gasteiger partial charge in [0.25, 0.3) is 17.7 Å². The van der Waals surface area contributed by atoms with Crippen LogP contribution in [0.2, 0.25) is 0 Å². The van der Waals surface area contributed by atoms with Gasteiger partial charge in [0.2, 0.25) is 0 Å². The summed E-state index contributed by atoms with van der Waals surface area (Å²) < 4.78 is 0. The van der Waals surface area contributed by atoms with E-state index in [1.807, 2.05) is 36.4 Å². The minimum Gasteiger partial charge on any atom is -0.319 e. The summed E-state index contributed by atoms with van der Waals surface area (Å²) >= 11 is 0. The van der Waals surface area contributed by atoms with E-state index in [4.69, 9.17) is 0 Å². The van der Waals surface area contributed by atoms with Gasteiger partial charge in [-0.1, -0.05) is 73.7 Å². The van der Waals surface area contributed by atoms with E-state index in [9.17, 15) is 24.0 Å². The van der Waals surface area contributed by atoms with Gasteiger partial charge < -0.3 is 10.6 Å². The van der Waals surface area contributed by atoms with E-state index in [1.165, 1.54) is 0 Å². The lowest BCUT2D eigenvalue weighted by molar-refractivity contribution is -0.141. The standard InChI is InChI=1S/C27H25N5O5/c1-3-27(19-11-5-4-6-12-19)23(35)32(25(37)29-27)30-21(33)16-31-22(34)26(2,28-24(31)36)20-14-13-17-9-7-8-10-18(17)15-20/h4-15H,3,16H2,1-2H3,(H,28,36)(H,29,37)(H,30,33)/t26-,27+/m1/s1. The number of nitrogens with zero attached hydrogens (tertiary/aromatic N) is 2. The number of amides is 7. The minimum absolute atomic E-state index is 0.255. The Bertz CT molecular complexity index is 1460. The van der Waals surface area contributed by atoms with Gasteiger partial charge in [0, 0.05) is 0 Å². The van der Waals surface area contributed by atoms with Gasteiger partial charge in [0.15, 0.2) is 0 Å². The minimum atomic E-state index is -1.38. The van der Waals surface area contributed by atoms with E-state index < -0.39 is 47.4 Å². The van der Waals surface area contributed by atoms with E-state index >= 15 is 0 Å². The van der Waals surface area contributed by atoms with Crippen LogP contribution in [-0.2, 0) is 25.5 Å². The maximum atomic E-state index is 13.3. The Morgan fingerprint density at radius 3 is 2.19 bits per heavy atom. The van der Waals surface area contributed by atoms with Gasteiger partial charge >= 0.3 is 12.1 Å². The largest absolute Gasteiger partial charge is 0.344 e. The quantitative estimate of drug-likeness (QED) is 0.449. The Balaban J connectivity index is 1.32. The number of hydrogen-bond donors (Lipinski definition) is 3. The van der Waals surface area contributed by atoms with Crippen molar-refractivity contribution in [2.75, 3.05) is 6.54 Å². The van der Waals surface area contributed by atoms with Crippen molar-refractivity contribution in [3.63, 3.8) is 0 Å². The van der Waals surface area contributed by atoms with Crippen molar-refractivity contribution in [1.29, 1.82) is 0 Å². The van der Waals surface area contributed by atoms with Crippen LogP contribution >= 0.6 is 0 Å². The molecule has 2 atom stereocenters. The molecule has 2 aliphatic heterocycles. The second kappa shape index (κ2) is 8.74. The molecule has 0 spiro atoms. The smallest absolute Gasteiger partial charge is 0.319 e. The lowest BCUT2D eigenvalue weighted by atomic mass is 9.87. The highest BCUT2D eigenvalue weighted by Gasteiger charge is 2.53. The number of hydrazine groups is 1. The third-order valence-corrected chi connectivity index (χ3v) is 7.03. The highest BCUT2D eigenvalue weighted by Crippen LogP contribution is 2.32. The van der Waals surface area contributed by atoms with Gasteiger partial charge in [0.05, 0.1) is 0 Å². The van der Waals surface area contributed by atoms with Crippen molar-refractivity contribution in [2.24, 2.45) is 0 Å². The van der Waals surface area contributed by atoms with Crippen LogP contribution in [0.25, 0.3) is 10.8 Å². The van der Waals surface area contributed by atoms with Crippen LogP contribution in [0, 0.1) is 0 Å². The molecule has 10 heteroatoms. The molecule has 0 bridgehead atoms. The molecule has 3 aromatic rings. The molecule has 10 nitrogen and oxygen atoms in total. The van der Waals surface area contributed by atoms with Crippen LogP contribution in [0.4, 0.5) is 9.59 Å². The molecule has 0 radical (unpaired) electrons. The fraction of sp³-hybridized carbons (Fsp3) is 0.222. The molecular formula is C27H25N5O5. The molecule has 2 saturated heterocycles. The highest BCUT2D eigenvalue weighted by molar-refractivity contribution is 6.11. The number of hydrogen-bond acceptors (Lipinski definition) is 5. The summed E-state index contributed by atoms with van der Waals surface area (Å²) in [5.74, 6) is -2.14. The second-order valence-electron chi connectivity index (χ2n) is 9.24. The Morgan fingerprint density at radius 2 is 1.49 bits per heavy atom. The first-order chi connectivity index (χ1) is 17.7. The molecular weight excluding hydrogens is 474 g/mol. The van der Waals surface area contributed by atoms with Crippen LogP contribution < -0.4 is 16.1 Å².